The summed E-state index contributed by atoms with van der Waals surface area (Å²) < 4.78 is 11.6. The molecular weight excluding hydrogens is 260 g/mol. The molecular formula is C12H19ClO3S. The van der Waals surface area contributed by atoms with Crippen molar-refractivity contribution in [1.29, 1.82) is 0 Å². The van der Waals surface area contributed by atoms with Crippen LogP contribution in [0.25, 0.3) is 0 Å². The molecule has 0 bridgehead atoms. The molecule has 0 saturated carbocycles. The molecule has 0 radical (unpaired) electrons. The number of halogens is 1. The minimum Gasteiger partial charge on any atom is -0.347 e. The van der Waals surface area contributed by atoms with Crippen molar-refractivity contribution >= 4 is 29.1 Å². The molecule has 98 valence electrons. The summed E-state index contributed by atoms with van der Waals surface area (Å²) in [5, 5.41) is 0. The Balaban J connectivity index is 2.01. The van der Waals surface area contributed by atoms with Gasteiger partial charge in [0, 0.05) is 30.2 Å². The van der Waals surface area contributed by atoms with E-state index in [9.17, 15) is 4.79 Å². The highest BCUT2D eigenvalue weighted by atomic mass is 35.5. The van der Waals surface area contributed by atoms with Gasteiger partial charge >= 0.3 is 0 Å². The Hall–Kier alpha value is 0.230. The van der Waals surface area contributed by atoms with Crippen LogP contribution in [-0.4, -0.2) is 42.2 Å². The van der Waals surface area contributed by atoms with Gasteiger partial charge in [-0.25, -0.2) is 0 Å². The predicted octanol–water partition coefficient (Wildman–Crippen LogP) is 2.46. The zero-order valence-electron chi connectivity index (χ0n) is 9.95. The van der Waals surface area contributed by atoms with Crippen LogP contribution in [0, 0.1) is 5.92 Å². The average Bonchev–Trinajstić information content (AvgIpc) is 2.80. The van der Waals surface area contributed by atoms with Gasteiger partial charge in [0.05, 0.1) is 19.1 Å². The quantitative estimate of drug-likeness (QED) is 0.572. The average molecular weight is 279 g/mol. The lowest BCUT2D eigenvalue weighted by Crippen LogP contribution is -2.46. The molecule has 0 aromatic carbocycles. The maximum atomic E-state index is 12.0. The van der Waals surface area contributed by atoms with Gasteiger partial charge in [0.15, 0.2) is 5.79 Å². The van der Waals surface area contributed by atoms with E-state index in [1.54, 1.807) is 0 Å². The van der Waals surface area contributed by atoms with Crippen LogP contribution in [0.15, 0.2) is 0 Å². The Bertz CT molecular complexity index is 266. The first-order chi connectivity index (χ1) is 8.28. The van der Waals surface area contributed by atoms with Crippen molar-refractivity contribution in [2.24, 2.45) is 5.92 Å². The molecule has 0 N–H and O–H groups in total. The number of carbonyl (C=O) groups excluding carboxylic acids is 1. The fourth-order valence-electron chi connectivity index (χ4n) is 2.47. The monoisotopic (exact) mass is 278 g/mol. The Morgan fingerprint density at radius 3 is 2.76 bits per heavy atom. The number of rotatable bonds is 5. The molecule has 2 aliphatic heterocycles. The maximum absolute atomic E-state index is 12.0. The van der Waals surface area contributed by atoms with E-state index >= 15 is 0 Å². The molecule has 0 aromatic rings. The summed E-state index contributed by atoms with van der Waals surface area (Å²) in [6.45, 7) is 1.21. The third-order valence-corrected chi connectivity index (χ3v) is 4.71. The fraction of sp³-hybridized carbons (Fsp3) is 0.917. The second-order valence-electron chi connectivity index (χ2n) is 4.50. The summed E-state index contributed by atoms with van der Waals surface area (Å²) in [7, 11) is 0. The number of ether oxygens (including phenoxy) is 2. The van der Waals surface area contributed by atoms with Crippen LogP contribution in [0.3, 0.4) is 0 Å². The molecule has 0 aliphatic carbocycles. The van der Waals surface area contributed by atoms with Crippen LogP contribution in [0.5, 0.6) is 0 Å². The lowest BCUT2D eigenvalue weighted by Gasteiger charge is -2.36. The predicted molar refractivity (Wildman–Crippen MR) is 69.6 cm³/mol. The lowest BCUT2D eigenvalue weighted by atomic mass is 9.89. The van der Waals surface area contributed by atoms with Gasteiger partial charge in [0.25, 0.3) is 0 Å². The van der Waals surface area contributed by atoms with E-state index in [1.165, 1.54) is 0 Å². The number of thioether (sulfide) groups is 1. The highest BCUT2D eigenvalue weighted by Gasteiger charge is 2.47. The molecule has 2 fully saturated rings. The van der Waals surface area contributed by atoms with Crippen molar-refractivity contribution in [1.82, 2.24) is 0 Å². The number of Topliss-reactive ketones (excluding diaryl/α,β-unsaturated/α-hetero) is 1. The van der Waals surface area contributed by atoms with Crippen molar-refractivity contribution in [2.75, 3.05) is 30.6 Å². The van der Waals surface area contributed by atoms with Crippen LogP contribution in [0.2, 0.25) is 0 Å². The third kappa shape index (κ3) is 3.16. The lowest BCUT2D eigenvalue weighted by molar-refractivity contribution is -0.197. The molecule has 1 atom stereocenters. The molecule has 1 unspecified atom stereocenters. The first-order valence-electron chi connectivity index (χ1n) is 6.23. The summed E-state index contributed by atoms with van der Waals surface area (Å²) >= 11 is 7.52. The number of carbonyl (C=O) groups is 1. The summed E-state index contributed by atoms with van der Waals surface area (Å²) in [4.78, 5) is 12.0. The second-order valence-corrected chi connectivity index (χ2v) is 6.03. The zero-order valence-corrected chi connectivity index (χ0v) is 11.5. The summed E-state index contributed by atoms with van der Waals surface area (Å²) in [5.74, 6) is 2.00. The largest absolute Gasteiger partial charge is 0.347 e. The first kappa shape index (κ1) is 13.7. The van der Waals surface area contributed by atoms with Crippen LogP contribution in [0.1, 0.15) is 25.7 Å². The fourth-order valence-corrected chi connectivity index (χ4v) is 3.85. The van der Waals surface area contributed by atoms with Crippen molar-refractivity contribution in [3.63, 3.8) is 0 Å². The van der Waals surface area contributed by atoms with Gasteiger partial charge in [-0.05, 0) is 12.8 Å². The molecule has 17 heavy (non-hydrogen) atoms. The highest BCUT2D eigenvalue weighted by molar-refractivity contribution is 7.99. The topological polar surface area (TPSA) is 35.5 Å². The Morgan fingerprint density at radius 2 is 2.12 bits per heavy atom. The Kier molecular flexibility index (Phi) is 5.15. The number of ketones is 1. The normalized spacial score (nSPS) is 28.5. The number of hydrogen-bond donors (Lipinski definition) is 0. The number of hydrogen-bond acceptors (Lipinski definition) is 4. The standard InChI is InChI=1S/C12H19ClO3S/c13-5-2-1-4-12(15-6-7-16-12)10-9-17-8-3-11(10)14/h10H,1-9H2. The van der Waals surface area contributed by atoms with E-state index in [4.69, 9.17) is 21.1 Å². The molecule has 0 spiro atoms. The molecule has 2 rings (SSSR count). The van der Waals surface area contributed by atoms with Gasteiger partial charge in [-0.1, -0.05) is 0 Å². The smallest absolute Gasteiger partial charge is 0.178 e. The van der Waals surface area contributed by atoms with Gasteiger partial charge < -0.3 is 9.47 Å². The van der Waals surface area contributed by atoms with Crippen LogP contribution >= 0.6 is 23.4 Å². The molecule has 0 aromatic heterocycles. The summed E-state index contributed by atoms with van der Waals surface area (Å²) in [6.07, 6.45) is 3.35. The van der Waals surface area contributed by atoms with Crippen molar-refractivity contribution in [2.45, 2.75) is 31.5 Å². The minimum atomic E-state index is -0.642. The minimum absolute atomic E-state index is 0.0842. The first-order valence-corrected chi connectivity index (χ1v) is 7.92. The Labute approximate surface area is 112 Å². The van der Waals surface area contributed by atoms with Gasteiger partial charge in [0.2, 0.25) is 0 Å². The van der Waals surface area contributed by atoms with Crippen LogP contribution in [-0.2, 0) is 14.3 Å². The number of alkyl halides is 1. The highest BCUT2D eigenvalue weighted by Crippen LogP contribution is 2.38. The van der Waals surface area contributed by atoms with Gasteiger partial charge in [-0.15, -0.1) is 11.6 Å². The van der Waals surface area contributed by atoms with E-state index in [0.717, 1.165) is 30.8 Å². The summed E-state index contributed by atoms with van der Waals surface area (Å²) in [6, 6.07) is 0. The Morgan fingerprint density at radius 1 is 1.35 bits per heavy atom. The van der Waals surface area contributed by atoms with E-state index < -0.39 is 5.79 Å². The molecule has 2 aliphatic rings. The molecule has 2 heterocycles. The van der Waals surface area contributed by atoms with Crippen LogP contribution in [0.4, 0.5) is 0 Å². The second kappa shape index (κ2) is 6.41. The van der Waals surface area contributed by atoms with Gasteiger partial charge in [-0.3, -0.25) is 4.79 Å². The molecule has 2 saturated heterocycles. The van der Waals surface area contributed by atoms with Crippen molar-refractivity contribution in [3.8, 4) is 0 Å². The van der Waals surface area contributed by atoms with E-state index in [-0.39, 0.29) is 5.92 Å². The SMILES string of the molecule is O=C1CCSCC1C1(CCCCCl)OCCO1. The van der Waals surface area contributed by atoms with E-state index in [2.05, 4.69) is 0 Å². The van der Waals surface area contributed by atoms with Crippen molar-refractivity contribution < 1.29 is 14.3 Å². The van der Waals surface area contributed by atoms with E-state index in [0.29, 0.717) is 31.3 Å². The van der Waals surface area contributed by atoms with Crippen molar-refractivity contribution in [3.05, 3.63) is 0 Å². The van der Waals surface area contributed by atoms with Gasteiger partial charge in [0.1, 0.15) is 5.78 Å². The number of unbranched alkanes of at least 4 members (excludes halogenated alkanes) is 1. The summed E-state index contributed by atoms with van der Waals surface area (Å²) in [5.41, 5.74) is 0. The third-order valence-electron chi connectivity index (χ3n) is 3.38. The van der Waals surface area contributed by atoms with E-state index in [1.807, 2.05) is 11.8 Å². The van der Waals surface area contributed by atoms with Gasteiger partial charge in [-0.2, -0.15) is 11.8 Å². The molecule has 0 amide bonds. The van der Waals surface area contributed by atoms with Crippen LogP contribution < -0.4 is 0 Å². The molecule has 3 nitrogen and oxygen atoms in total. The molecule has 5 heteroatoms. The maximum Gasteiger partial charge on any atom is 0.178 e. The zero-order chi connectivity index (χ0) is 12.1.